The van der Waals surface area contributed by atoms with Gasteiger partial charge in [-0.1, -0.05) is 0 Å². The van der Waals surface area contributed by atoms with Crippen LogP contribution >= 0.6 is 0 Å². The highest BCUT2D eigenvalue weighted by atomic mass is 16.6. The summed E-state index contributed by atoms with van der Waals surface area (Å²) in [7, 11) is 0. The van der Waals surface area contributed by atoms with E-state index in [1.807, 2.05) is 32.6 Å². The van der Waals surface area contributed by atoms with Gasteiger partial charge < -0.3 is 19.4 Å². The summed E-state index contributed by atoms with van der Waals surface area (Å²) in [5.74, 6) is 1.52. The number of hydrogen-bond donors (Lipinski definition) is 1. The fourth-order valence-electron chi connectivity index (χ4n) is 3.04. The molecule has 0 aliphatic carbocycles. The summed E-state index contributed by atoms with van der Waals surface area (Å²) >= 11 is 0. The van der Waals surface area contributed by atoms with Crippen molar-refractivity contribution in [2.45, 2.75) is 84.5 Å². The van der Waals surface area contributed by atoms with Gasteiger partial charge in [-0.05, 0) is 60.3 Å². The van der Waals surface area contributed by atoms with Crippen molar-refractivity contribution in [3.05, 3.63) is 17.8 Å². The van der Waals surface area contributed by atoms with Crippen LogP contribution < -0.4 is 5.32 Å². The topological polar surface area (TPSA) is 67.6 Å². The summed E-state index contributed by atoms with van der Waals surface area (Å²) in [6.07, 6.45) is 5.68. The molecule has 1 amide bonds. The molecule has 0 bridgehead atoms. The third-order valence-electron chi connectivity index (χ3n) is 4.15. The maximum absolute atomic E-state index is 12.4. The summed E-state index contributed by atoms with van der Waals surface area (Å²) in [5, 5.41) is 3.43. The monoisotopic (exact) mass is 337 g/mol. The zero-order chi connectivity index (χ0) is 17.7. The van der Waals surface area contributed by atoms with Gasteiger partial charge in [-0.25, -0.2) is 9.78 Å². The van der Waals surface area contributed by atoms with Crippen LogP contribution in [-0.4, -0.2) is 40.2 Å². The lowest BCUT2D eigenvalue weighted by molar-refractivity contribution is 0.00785. The SMILES string of the molecule is Cc1cnc(CNC(C)CC2CCCCN2C(=O)OC(C)(C)C)o1. The van der Waals surface area contributed by atoms with Gasteiger partial charge in [0.2, 0.25) is 5.89 Å². The molecule has 1 aliphatic heterocycles. The average molecular weight is 337 g/mol. The zero-order valence-electron chi connectivity index (χ0n) is 15.6. The molecule has 136 valence electrons. The van der Waals surface area contributed by atoms with E-state index in [1.54, 1.807) is 6.20 Å². The third kappa shape index (κ3) is 5.82. The van der Waals surface area contributed by atoms with Crippen molar-refractivity contribution in [3.63, 3.8) is 0 Å². The molecule has 0 aromatic carbocycles. The Labute approximate surface area is 144 Å². The Kier molecular flexibility index (Phi) is 6.27. The van der Waals surface area contributed by atoms with Gasteiger partial charge in [0.25, 0.3) is 0 Å². The van der Waals surface area contributed by atoms with E-state index < -0.39 is 5.60 Å². The molecular formula is C18H31N3O3. The van der Waals surface area contributed by atoms with Crippen molar-refractivity contribution in [1.29, 1.82) is 0 Å². The Morgan fingerprint density at radius 1 is 1.50 bits per heavy atom. The minimum absolute atomic E-state index is 0.192. The molecule has 24 heavy (non-hydrogen) atoms. The first-order chi connectivity index (χ1) is 11.2. The van der Waals surface area contributed by atoms with Gasteiger partial charge in [0, 0.05) is 18.6 Å². The Morgan fingerprint density at radius 3 is 2.88 bits per heavy atom. The average Bonchev–Trinajstić information content (AvgIpc) is 2.89. The lowest BCUT2D eigenvalue weighted by Crippen LogP contribution is -2.48. The van der Waals surface area contributed by atoms with Crippen molar-refractivity contribution >= 4 is 6.09 Å². The van der Waals surface area contributed by atoms with E-state index in [-0.39, 0.29) is 18.2 Å². The molecule has 2 unspecified atom stereocenters. The van der Waals surface area contributed by atoms with Gasteiger partial charge in [0.05, 0.1) is 12.7 Å². The second-order valence-corrected chi connectivity index (χ2v) is 7.71. The molecule has 6 heteroatoms. The summed E-state index contributed by atoms with van der Waals surface area (Å²) in [5.41, 5.74) is -0.453. The van der Waals surface area contributed by atoms with Crippen LogP contribution in [0.1, 0.15) is 65.0 Å². The van der Waals surface area contributed by atoms with Gasteiger partial charge in [0.15, 0.2) is 0 Å². The first-order valence-corrected chi connectivity index (χ1v) is 8.89. The quantitative estimate of drug-likeness (QED) is 0.888. The number of carbonyl (C=O) groups is 1. The summed E-state index contributed by atoms with van der Waals surface area (Å²) < 4.78 is 11.0. The molecule has 0 spiro atoms. The fourth-order valence-corrected chi connectivity index (χ4v) is 3.04. The van der Waals surface area contributed by atoms with Crippen molar-refractivity contribution in [2.24, 2.45) is 0 Å². The summed E-state index contributed by atoms with van der Waals surface area (Å²) in [4.78, 5) is 18.6. The number of nitrogens with one attached hydrogen (secondary N) is 1. The molecule has 1 aromatic heterocycles. The van der Waals surface area contributed by atoms with E-state index in [9.17, 15) is 4.79 Å². The summed E-state index contributed by atoms with van der Waals surface area (Å²) in [6.45, 7) is 11.1. The Morgan fingerprint density at radius 2 is 2.25 bits per heavy atom. The van der Waals surface area contributed by atoms with Crippen LogP contribution in [0.3, 0.4) is 0 Å². The van der Waals surface area contributed by atoms with E-state index in [0.29, 0.717) is 12.4 Å². The lowest BCUT2D eigenvalue weighted by atomic mass is 9.97. The highest BCUT2D eigenvalue weighted by Crippen LogP contribution is 2.23. The molecule has 1 saturated heterocycles. The van der Waals surface area contributed by atoms with Crippen molar-refractivity contribution in [1.82, 2.24) is 15.2 Å². The number of carbonyl (C=O) groups excluding carboxylic acids is 1. The number of amides is 1. The van der Waals surface area contributed by atoms with Crippen molar-refractivity contribution in [3.8, 4) is 0 Å². The number of ether oxygens (including phenoxy) is 1. The van der Waals surface area contributed by atoms with Crippen LogP contribution in [0.15, 0.2) is 10.6 Å². The fraction of sp³-hybridized carbons (Fsp3) is 0.778. The molecule has 1 aromatic rings. The van der Waals surface area contributed by atoms with Gasteiger partial charge in [-0.2, -0.15) is 0 Å². The lowest BCUT2D eigenvalue weighted by Gasteiger charge is -2.38. The van der Waals surface area contributed by atoms with E-state index in [4.69, 9.17) is 9.15 Å². The molecule has 6 nitrogen and oxygen atoms in total. The number of rotatable bonds is 5. The molecule has 1 fully saturated rings. The smallest absolute Gasteiger partial charge is 0.410 e. The van der Waals surface area contributed by atoms with Crippen LogP contribution in [0.2, 0.25) is 0 Å². The van der Waals surface area contributed by atoms with Gasteiger partial charge >= 0.3 is 6.09 Å². The predicted molar refractivity (Wildman–Crippen MR) is 92.7 cm³/mol. The molecule has 1 N–H and O–H groups in total. The molecule has 0 saturated carbocycles. The Bertz CT molecular complexity index is 536. The van der Waals surface area contributed by atoms with Gasteiger partial charge in [-0.15, -0.1) is 0 Å². The van der Waals surface area contributed by atoms with Crippen LogP contribution in [0.5, 0.6) is 0 Å². The third-order valence-corrected chi connectivity index (χ3v) is 4.15. The number of aromatic nitrogens is 1. The number of hydrogen-bond acceptors (Lipinski definition) is 5. The Hall–Kier alpha value is -1.56. The second-order valence-electron chi connectivity index (χ2n) is 7.71. The minimum atomic E-state index is -0.453. The van der Waals surface area contributed by atoms with Crippen LogP contribution in [-0.2, 0) is 11.3 Å². The van der Waals surface area contributed by atoms with Gasteiger partial charge in [-0.3, -0.25) is 0 Å². The zero-order valence-corrected chi connectivity index (χ0v) is 15.6. The number of piperidine rings is 1. The largest absolute Gasteiger partial charge is 0.445 e. The van der Waals surface area contributed by atoms with E-state index >= 15 is 0 Å². The number of oxazole rings is 1. The summed E-state index contributed by atoms with van der Waals surface area (Å²) in [6, 6.07) is 0.493. The first-order valence-electron chi connectivity index (χ1n) is 8.89. The molecular weight excluding hydrogens is 306 g/mol. The first kappa shape index (κ1) is 18.8. The second kappa shape index (κ2) is 8.01. The maximum atomic E-state index is 12.4. The minimum Gasteiger partial charge on any atom is -0.445 e. The van der Waals surface area contributed by atoms with Crippen molar-refractivity contribution < 1.29 is 13.9 Å². The normalized spacial score (nSPS) is 20.0. The molecule has 0 radical (unpaired) electrons. The highest BCUT2D eigenvalue weighted by Gasteiger charge is 2.31. The standard InChI is InChI=1S/C18H31N3O3/c1-13(19-12-16-20-11-14(2)23-16)10-15-8-6-7-9-21(15)17(22)24-18(3,4)5/h11,13,15,19H,6-10,12H2,1-5H3. The molecule has 2 heterocycles. The van der Waals surface area contributed by atoms with E-state index in [0.717, 1.165) is 38.0 Å². The van der Waals surface area contributed by atoms with E-state index in [1.165, 1.54) is 0 Å². The molecule has 1 aliphatic rings. The number of aryl methyl sites for hydroxylation is 1. The predicted octanol–water partition coefficient (Wildman–Crippen LogP) is 3.64. The number of likely N-dealkylation sites (tertiary alicyclic amines) is 1. The van der Waals surface area contributed by atoms with E-state index in [2.05, 4.69) is 17.2 Å². The van der Waals surface area contributed by atoms with Crippen LogP contribution in [0, 0.1) is 6.92 Å². The van der Waals surface area contributed by atoms with Crippen molar-refractivity contribution in [2.75, 3.05) is 6.54 Å². The van der Waals surface area contributed by atoms with Crippen LogP contribution in [0.4, 0.5) is 4.79 Å². The van der Waals surface area contributed by atoms with Gasteiger partial charge in [0.1, 0.15) is 11.4 Å². The number of nitrogens with zero attached hydrogens (tertiary/aromatic N) is 2. The Balaban J connectivity index is 1.86. The van der Waals surface area contributed by atoms with Crippen LogP contribution in [0.25, 0.3) is 0 Å². The maximum Gasteiger partial charge on any atom is 0.410 e. The highest BCUT2D eigenvalue weighted by molar-refractivity contribution is 5.68. The molecule has 2 rings (SSSR count). The molecule has 2 atom stereocenters.